The molecule has 0 radical (unpaired) electrons. The third-order valence-electron chi connectivity index (χ3n) is 4.77. The lowest BCUT2D eigenvalue weighted by molar-refractivity contribution is 0.136. The maximum Gasteiger partial charge on any atom is 0.138 e. The van der Waals surface area contributed by atoms with Gasteiger partial charge in [0.1, 0.15) is 12.2 Å². The molecule has 0 amide bonds. The van der Waals surface area contributed by atoms with Crippen molar-refractivity contribution in [3.8, 4) is 0 Å². The molecule has 102 valence electrons. The molecule has 1 saturated carbocycles. The van der Waals surface area contributed by atoms with Gasteiger partial charge in [-0.15, -0.1) is 0 Å². The van der Waals surface area contributed by atoms with Crippen LogP contribution in [0.25, 0.3) is 0 Å². The molecule has 2 N–H and O–H groups in total. The van der Waals surface area contributed by atoms with Gasteiger partial charge in [0.15, 0.2) is 0 Å². The summed E-state index contributed by atoms with van der Waals surface area (Å²) in [6.45, 7) is 7.96. The maximum absolute atomic E-state index is 4.14. The van der Waals surface area contributed by atoms with Gasteiger partial charge in [-0.05, 0) is 37.0 Å². The highest BCUT2D eigenvalue weighted by Gasteiger charge is 2.31. The van der Waals surface area contributed by atoms with Crippen LogP contribution in [0.5, 0.6) is 0 Å². The number of aromatic nitrogens is 3. The van der Waals surface area contributed by atoms with E-state index < -0.39 is 0 Å². The van der Waals surface area contributed by atoms with Crippen molar-refractivity contribution in [2.75, 3.05) is 0 Å². The summed E-state index contributed by atoms with van der Waals surface area (Å²) in [7, 11) is 0. The summed E-state index contributed by atoms with van der Waals surface area (Å²) in [5.74, 6) is 1.83. The lowest BCUT2D eigenvalue weighted by Crippen LogP contribution is -2.36. The molecule has 1 fully saturated rings. The van der Waals surface area contributed by atoms with Gasteiger partial charge in [0.2, 0.25) is 0 Å². The quantitative estimate of drug-likeness (QED) is 0.845. The number of rotatable bonds is 5. The largest absolute Gasteiger partial charge is 0.307 e. The minimum absolute atomic E-state index is 0.510. The van der Waals surface area contributed by atoms with Gasteiger partial charge in [0.05, 0.1) is 6.54 Å². The Hall–Kier alpha value is -0.900. The normalized spacial score (nSPS) is 25.3. The molecular formula is C14H26N4. The van der Waals surface area contributed by atoms with Gasteiger partial charge in [-0.25, -0.2) is 4.98 Å². The van der Waals surface area contributed by atoms with Crippen LogP contribution in [0.3, 0.4) is 0 Å². The summed E-state index contributed by atoms with van der Waals surface area (Å²) in [4.78, 5) is 4.14. The smallest absolute Gasteiger partial charge is 0.138 e. The van der Waals surface area contributed by atoms with Crippen molar-refractivity contribution in [3.63, 3.8) is 0 Å². The van der Waals surface area contributed by atoms with Crippen LogP contribution in [0.15, 0.2) is 6.33 Å². The minimum atomic E-state index is 0.510. The Kier molecular flexibility index (Phi) is 4.38. The fourth-order valence-electron chi connectivity index (χ4n) is 2.92. The summed E-state index contributed by atoms with van der Waals surface area (Å²) in [6.07, 6.45) is 8.15. The predicted molar refractivity (Wildman–Crippen MR) is 73.0 cm³/mol. The SMILES string of the molecule is CCC(C)(C)C1CCC(NCc2ncn[nH]2)CC1. The second kappa shape index (κ2) is 5.83. The van der Waals surface area contributed by atoms with Crippen molar-refractivity contribution in [1.82, 2.24) is 20.5 Å². The summed E-state index contributed by atoms with van der Waals surface area (Å²) >= 11 is 0. The predicted octanol–water partition coefficient (Wildman–Crippen LogP) is 2.89. The van der Waals surface area contributed by atoms with Crippen LogP contribution in [-0.4, -0.2) is 21.2 Å². The highest BCUT2D eigenvalue weighted by molar-refractivity contribution is 4.86. The van der Waals surface area contributed by atoms with Gasteiger partial charge in [0, 0.05) is 6.04 Å². The van der Waals surface area contributed by atoms with Crippen molar-refractivity contribution in [3.05, 3.63) is 12.2 Å². The molecule has 1 aliphatic rings. The Balaban J connectivity index is 1.73. The van der Waals surface area contributed by atoms with Crippen LogP contribution in [0.2, 0.25) is 0 Å². The molecule has 0 aliphatic heterocycles. The molecule has 1 heterocycles. The van der Waals surface area contributed by atoms with E-state index in [2.05, 4.69) is 41.3 Å². The summed E-state index contributed by atoms with van der Waals surface area (Å²) < 4.78 is 0. The molecule has 1 aromatic heterocycles. The topological polar surface area (TPSA) is 53.6 Å². The Morgan fingerprint density at radius 1 is 1.33 bits per heavy atom. The van der Waals surface area contributed by atoms with Crippen LogP contribution in [0.4, 0.5) is 0 Å². The van der Waals surface area contributed by atoms with Crippen molar-refractivity contribution in [1.29, 1.82) is 0 Å². The molecule has 0 aromatic carbocycles. The van der Waals surface area contributed by atoms with Crippen molar-refractivity contribution in [2.24, 2.45) is 11.3 Å². The molecule has 4 heteroatoms. The zero-order valence-electron chi connectivity index (χ0n) is 11.9. The van der Waals surface area contributed by atoms with Gasteiger partial charge in [0.25, 0.3) is 0 Å². The highest BCUT2D eigenvalue weighted by atomic mass is 15.2. The van der Waals surface area contributed by atoms with E-state index in [-0.39, 0.29) is 0 Å². The first-order valence-corrected chi connectivity index (χ1v) is 7.19. The van der Waals surface area contributed by atoms with Gasteiger partial charge < -0.3 is 5.32 Å². The molecule has 2 rings (SSSR count). The molecule has 0 atom stereocenters. The highest BCUT2D eigenvalue weighted by Crippen LogP contribution is 2.40. The number of hydrogen-bond acceptors (Lipinski definition) is 3. The van der Waals surface area contributed by atoms with E-state index in [1.54, 1.807) is 6.33 Å². The third kappa shape index (κ3) is 3.31. The van der Waals surface area contributed by atoms with Crippen LogP contribution >= 0.6 is 0 Å². The average Bonchev–Trinajstić information content (AvgIpc) is 2.90. The number of aromatic amines is 1. The van der Waals surface area contributed by atoms with Gasteiger partial charge in [-0.2, -0.15) is 5.10 Å². The lowest BCUT2D eigenvalue weighted by atomic mass is 9.69. The van der Waals surface area contributed by atoms with Crippen LogP contribution < -0.4 is 5.32 Å². The van der Waals surface area contributed by atoms with Crippen molar-refractivity contribution in [2.45, 2.75) is 65.5 Å². The van der Waals surface area contributed by atoms with Gasteiger partial charge in [-0.1, -0.05) is 27.2 Å². The van der Waals surface area contributed by atoms with E-state index in [4.69, 9.17) is 0 Å². The first-order valence-electron chi connectivity index (χ1n) is 7.19. The molecule has 0 bridgehead atoms. The summed E-state index contributed by atoms with van der Waals surface area (Å²) in [5.41, 5.74) is 0.510. The zero-order chi connectivity index (χ0) is 13.0. The Morgan fingerprint density at radius 3 is 2.61 bits per heavy atom. The Morgan fingerprint density at radius 2 is 2.06 bits per heavy atom. The molecular weight excluding hydrogens is 224 g/mol. The maximum atomic E-state index is 4.14. The number of hydrogen-bond donors (Lipinski definition) is 2. The molecule has 4 nitrogen and oxygen atoms in total. The second-order valence-corrected chi connectivity index (χ2v) is 6.20. The van der Waals surface area contributed by atoms with Crippen LogP contribution in [0.1, 0.15) is 58.7 Å². The molecule has 1 aliphatic carbocycles. The molecule has 0 spiro atoms. The zero-order valence-corrected chi connectivity index (χ0v) is 11.9. The van der Waals surface area contributed by atoms with E-state index in [9.17, 15) is 0 Å². The third-order valence-corrected chi connectivity index (χ3v) is 4.77. The summed E-state index contributed by atoms with van der Waals surface area (Å²) in [6, 6.07) is 0.652. The fourth-order valence-corrected chi connectivity index (χ4v) is 2.92. The number of nitrogens with zero attached hydrogens (tertiary/aromatic N) is 2. The van der Waals surface area contributed by atoms with Crippen LogP contribution in [-0.2, 0) is 6.54 Å². The first-order chi connectivity index (χ1) is 8.62. The average molecular weight is 250 g/mol. The fraction of sp³-hybridized carbons (Fsp3) is 0.857. The van der Waals surface area contributed by atoms with E-state index >= 15 is 0 Å². The van der Waals surface area contributed by atoms with Crippen molar-refractivity contribution >= 4 is 0 Å². The van der Waals surface area contributed by atoms with Crippen molar-refractivity contribution < 1.29 is 0 Å². The lowest BCUT2D eigenvalue weighted by Gasteiger charge is -2.39. The van der Waals surface area contributed by atoms with E-state index in [1.165, 1.54) is 32.1 Å². The standard InChI is InChI=1S/C14H26N4/c1-4-14(2,3)11-5-7-12(8-6-11)15-9-13-16-10-17-18-13/h10-12,15H,4-9H2,1-3H3,(H,16,17,18). The molecule has 1 aromatic rings. The monoisotopic (exact) mass is 250 g/mol. The number of nitrogens with one attached hydrogen (secondary N) is 2. The second-order valence-electron chi connectivity index (χ2n) is 6.20. The molecule has 0 saturated heterocycles. The van der Waals surface area contributed by atoms with E-state index in [1.807, 2.05) is 0 Å². The first kappa shape index (κ1) is 13.5. The Labute approximate surface area is 110 Å². The Bertz CT molecular complexity index is 337. The van der Waals surface area contributed by atoms with E-state index in [0.29, 0.717) is 11.5 Å². The van der Waals surface area contributed by atoms with E-state index in [0.717, 1.165) is 18.3 Å². The minimum Gasteiger partial charge on any atom is -0.307 e. The number of H-pyrrole nitrogens is 1. The molecule has 0 unspecified atom stereocenters. The van der Waals surface area contributed by atoms with Crippen LogP contribution in [0, 0.1) is 11.3 Å². The molecule has 18 heavy (non-hydrogen) atoms. The van der Waals surface area contributed by atoms with Gasteiger partial charge >= 0.3 is 0 Å². The summed E-state index contributed by atoms with van der Waals surface area (Å²) in [5, 5.41) is 10.3. The van der Waals surface area contributed by atoms with Gasteiger partial charge in [-0.3, -0.25) is 5.10 Å².